The monoisotopic (exact) mass is 801 g/mol. The van der Waals surface area contributed by atoms with Crippen LogP contribution in [0, 0.1) is 34.6 Å². The van der Waals surface area contributed by atoms with E-state index in [0.717, 1.165) is 83.0 Å². The molecule has 2 N–H and O–H groups in total. The minimum Gasteiger partial charge on any atom is -0.494 e. The second-order valence-corrected chi connectivity index (χ2v) is 16.1. The minimum atomic E-state index is -0.553. The lowest BCUT2D eigenvalue weighted by Crippen LogP contribution is -2.43. The zero-order chi connectivity index (χ0) is 40.4. The third kappa shape index (κ3) is 6.54. The Bertz CT molecular complexity index is 2740. The van der Waals surface area contributed by atoms with Crippen LogP contribution in [0.15, 0.2) is 66.9 Å². The van der Waals surface area contributed by atoms with Gasteiger partial charge in [0.05, 0.1) is 46.3 Å². The first-order valence-corrected chi connectivity index (χ1v) is 19.9. The van der Waals surface area contributed by atoms with E-state index in [-0.39, 0.29) is 11.9 Å². The molecule has 0 fully saturated rings. The van der Waals surface area contributed by atoms with Gasteiger partial charge in [-0.2, -0.15) is 5.10 Å². The highest BCUT2D eigenvalue weighted by molar-refractivity contribution is 6.35. The second-order valence-electron chi connectivity index (χ2n) is 15.3. The van der Waals surface area contributed by atoms with Gasteiger partial charge in [0.25, 0.3) is 11.8 Å². The number of hydrogen-bond donors (Lipinski definition) is 1. The van der Waals surface area contributed by atoms with Crippen molar-refractivity contribution in [1.82, 2.24) is 23.9 Å². The van der Waals surface area contributed by atoms with Crippen LogP contribution in [0.3, 0.4) is 0 Å². The van der Waals surface area contributed by atoms with Crippen LogP contribution in [0.1, 0.15) is 79.7 Å². The second kappa shape index (κ2) is 14.7. The smallest absolute Gasteiger partial charge is 0.275 e. The van der Waals surface area contributed by atoms with Crippen LogP contribution in [-0.2, 0) is 20.0 Å². The standard InChI is InChI=1S/C45H45Cl2N7O3/c1-24-17-30-21-37(44(48)55)52(23-31-11-8-9-15-49-31)41(30)36(18-24)53-22-27(4)54-42-34(13-14-35(46)39(42)38-28(5)50-51(7)29(38)6)33(43(54)45(53)56)12-10-16-57-32-19-25(2)40(47)26(3)20-32/h8-9,11,13-15,17-21,27H,10,12,16,22-23H2,1-7H3,(H2,48,55)/t27-/m1/s1. The summed E-state index contributed by atoms with van der Waals surface area (Å²) in [7, 11) is 1.93. The first-order valence-electron chi connectivity index (χ1n) is 19.2. The van der Waals surface area contributed by atoms with Gasteiger partial charge in [-0.25, -0.2) is 0 Å². The molecule has 3 aromatic carbocycles. The molecule has 0 saturated heterocycles. The van der Waals surface area contributed by atoms with Crippen LogP contribution < -0.4 is 15.4 Å². The molecule has 2 amide bonds. The van der Waals surface area contributed by atoms with Gasteiger partial charge < -0.3 is 24.5 Å². The van der Waals surface area contributed by atoms with Crippen LogP contribution in [0.5, 0.6) is 5.75 Å². The number of benzene rings is 3. The number of ether oxygens (including phenoxy) is 1. The van der Waals surface area contributed by atoms with Gasteiger partial charge in [-0.1, -0.05) is 35.3 Å². The molecule has 4 aromatic heterocycles. The van der Waals surface area contributed by atoms with E-state index in [1.165, 1.54) is 0 Å². The molecule has 0 spiro atoms. The highest BCUT2D eigenvalue weighted by Gasteiger charge is 2.38. The van der Waals surface area contributed by atoms with Gasteiger partial charge in [0.15, 0.2) is 0 Å². The molecule has 8 rings (SSSR count). The van der Waals surface area contributed by atoms with Crippen molar-refractivity contribution in [2.75, 3.05) is 18.1 Å². The maximum atomic E-state index is 15.4. The Morgan fingerprint density at radius 1 is 0.965 bits per heavy atom. The molecule has 0 aliphatic carbocycles. The van der Waals surface area contributed by atoms with Crippen molar-refractivity contribution in [2.45, 2.75) is 67.0 Å². The van der Waals surface area contributed by atoms with Crippen molar-refractivity contribution in [3.05, 3.63) is 128 Å². The quantitative estimate of drug-likeness (QED) is 0.139. The average Bonchev–Trinajstić information content (AvgIpc) is 3.79. The summed E-state index contributed by atoms with van der Waals surface area (Å²) in [4.78, 5) is 34.8. The van der Waals surface area contributed by atoms with Gasteiger partial charge in [0.1, 0.15) is 17.1 Å². The van der Waals surface area contributed by atoms with Crippen molar-refractivity contribution < 1.29 is 14.3 Å². The molecule has 7 aromatic rings. The lowest BCUT2D eigenvalue weighted by atomic mass is 9.98. The maximum absolute atomic E-state index is 15.4. The van der Waals surface area contributed by atoms with E-state index >= 15 is 4.79 Å². The number of rotatable bonds is 10. The number of aryl methyl sites for hydroxylation is 6. The number of carbonyl (C=O) groups excluding carboxylic acids is 2. The lowest BCUT2D eigenvalue weighted by molar-refractivity contribution is 0.0956. The number of halogens is 2. The van der Waals surface area contributed by atoms with E-state index in [4.69, 9.17) is 38.8 Å². The summed E-state index contributed by atoms with van der Waals surface area (Å²) in [5.74, 6) is 0.0742. The Balaban J connectivity index is 1.30. The van der Waals surface area contributed by atoms with Crippen LogP contribution >= 0.6 is 23.2 Å². The van der Waals surface area contributed by atoms with Gasteiger partial charge in [-0.05, 0) is 125 Å². The van der Waals surface area contributed by atoms with Crippen LogP contribution in [-0.4, -0.2) is 48.9 Å². The molecule has 1 atom stereocenters. The van der Waals surface area contributed by atoms with Gasteiger partial charge in [-0.3, -0.25) is 19.3 Å². The molecule has 1 aliphatic rings. The summed E-state index contributed by atoms with van der Waals surface area (Å²) in [6.45, 7) is 13.3. The van der Waals surface area contributed by atoms with Crippen LogP contribution in [0.25, 0.3) is 32.9 Å². The lowest BCUT2D eigenvalue weighted by Gasteiger charge is -2.35. The number of pyridine rings is 1. The molecule has 5 heterocycles. The number of nitrogens with two attached hydrogens (primary N) is 1. The Hall–Kier alpha value is -5.58. The fourth-order valence-electron chi connectivity index (χ4n) is 8.70. The predicted octanol–water partition coefficient (Wildman–Crippen LogP) is 9.62. The van der Waals surface area contributed by atoms with E-state index in [1.807, 2.05) is 116 Å². The van der Waals surface area contributed by atoms with E-state index < -0.39 is 5.91 Å². The summed E-state index contributed by atoms with van der Waals surface area (Å²) >= 11 is 13.6. The first kappa shape index (κ1) is 38.3. The summed E-state index contributed by atoms with van der Waals surface area (Å²) in [5.41, 5.74) is 17.6. The van der Waals surface area contributed by atoms with E-state index in [0.29, 0.717) is 54.6 Å². The van der Waals surface area contributed by atoms with E-state index in [9.17, 15) is 4.79 Å². The Kier molecular flexibility index (Phi) is 9.90. The van der Waals surface area contributed by atoms with Gasteiger partial charge in [0, 0.05) is 58.4 Å². The first-order chi connectivity index (χ1) is 27.2. The average molecular weight is 803 g/mol. The van der Waals surface area contributed by atoms with Crippen molar-refractivity contribution in [2.24, 2.45) is 12.8 Å². The molecule has 0 unspecified atom stereocenters. The molecule has 0 bridgehead atoms. The largest absolute Gasteiger partial charge is 0.494 e. The third-order valence-electron chi connectivity index (χ3n) is 11.3. The summed E-state index contributed by atoms with van der Waals surface area (Å²) in [6, 6.07) is 19.3. The number of hydrogen-bond acceptors (Lipinski definition) is 5. The van der Waals surface area contributed by atoms with E-state index in [1.54, 1.807) is 6.20 Å². The molecular weight excluding hydrogens is 757 g/mol. The third-order valence-corrected chi connectivity index (χ3v) is 12.2. The minimum absolute atomic E-state index is 0.135. The molecule has 292 valence electrons. The van der Waals surface area contributed by atoms with Crippen molar-refractivity contribution in [1.29, 1.82) is 0 Å². The van der Waals surface area contributed by atoms with Crippen molar-refractivity contribution in [3.8, 4) is 16.9 Å². The SMILES string of the molecule is Cc1cc(N2C[C@@H](C)n3c(c(CCCOc4cc(C)c(Cl)c(C)c4)c4ccc(Cl)c(-c5c(C)nn(C)c5C)c43)C2=O)c2c(c1)cc(C(N)=O)n2Cc1ccccn1. The Morgan fingerprint density at radius 3 is 2.39 bits per heavy atom. The van der Waals surface area contributed by atoms with Crippen molar-refractivity contribution >= 4 is 62.5 Å². The molecule has 0 radical (unpaired) electrons. The Labute approximate surface area is 341 Å². The molecule has 0 saturated carbocycles. The van der Waals surface area contributed by atoms with Crippen LogP contribution in [0.2, 0.25) is 10.0 Å². The summed E-state index contributed by atoms with van der Waals surface area (Å²) < 4.78 is 12.2. The predicted molar refractivity (Wildman–Crippen MR) is 228 cm³/mol. The molecule has 12 heteroatoms. The molecular formula is C45H45Cl2N7O3. The topological polar surface area (TPSA) is 113 Å². The number of primary amides is 1. The van der Waals surface area contributed by atoms with Crippen molar-refractivity contribution in [3.63, 3.8) is 0 Å². The summed E-state index contributed by atoms with van der Waals surface area (Å²) in [6.07, 6.45) is 2.96. The highest BCUT2D eigenvalue weighted by atomic mass is 35.5. The number of carbonyl (C=O) groups is 2. The molecule has 10 nitrogen and oxygen atoms in total. The van der Waals surface area contributed by atoms with Gasteiger partial charge >= 0.3 is 0 Å². The number of aromatic nitrogens is 5. The highest BCUT2D eigenvalue weighted by Crippen LogP contribution is 2.46. The summed E-state index contributed by atoms with van der Waals surface area (Å²) in [5, 5.41) is 7.87. The zero-order valence-electron chi connectivity index (χ0n) is 33.2. The number of amides is 2. The zero-order valence-corrected chi connectivity index (χ0v) is 34.7. The fourth-order valence-corrected chi connectivity index (χ4v) is 9.06. The van der Waals surface area contributed by atoms with Gasteiger partial charge in [0.2, 0.25) is 0 Å². The maximum Gasteiger partial charge on any atom is 0.275 e. The van der Waals surface area contributed by atoms with E-state index in [2.05, 4.69) is 16.5 Å². The number of fused-ring (bicyclic) bond motifs is 4. The Morgan fingerprint density at radius 2 is 1.72 bits per heavy atom. The number of anilines is 1. The normalized spacial score (nSPS) is 14.2. The van der Waals surface area contributed by atoms with Crippen LogP contribution in [0.4, 0.5) is 5.69 Å². The fraction of sp³-hybridized carbons (Fsp3) is 0.289. The van der Waals surface area contributed by atoms with Gasteiger partial charge in [-0.15, -0.1) is 0 Å². The number of nitrogens with zero attached hydrogens (tertiary/aromatic N) is 6. The molecule has 57 heavy (non-hydrogen) atoms. The molecule has 1 aliphatic heterocycles.